The van der Waals surface area contributed by atoms with Crippen LogP contribution in [0.4, 0.5) is 8.78 Å². The monoisotopic (exact) mass is 408 g/mol. The molecule has 0 spiro atoms. The van der Waals surface area contributed by atoms with Crippen molar-refractivity contribution in [3.8, 4) is 5.75 Å². The fourth-order valence-electron chi connectivity index (χ4n) is 2.19. The summed E-state index contributed by atoms with van der Waals surface area (Å²) < 4.78 is 42.1. The summed E-state index contributed by atoms with van der Waals surface area (Å²) in [4.78, 5) is 11.4. The third-order valence-corrected chi connectivity index (χ3v) is 3.74. The minimum atomic E-state index is -2.82. The molecule has 0 aliphatic heterocycles. The average Bonchev–Trinajstić information content (AvgIpc) is 3.31. The maximum atomic E-state index is 12.9. The van der Waals surface area contributed by atoms with Gasteiger partial charge in [0.15, 0.2) is 0 Å². The summed E-state index contributed by atoms with van der Waals surface area (Å²) >= 11 is 4.89. The maximum absolute atomic E-state index is 12.9. The smallest absolute Gasteiger partial charge is 0.373 e. The van der Waals surface area contributed by atoms with Gasteiger partial charge in [0.25, 0.3) is 6.43 Å². The summed E-state index contributed by atoms with van der Waals surface area (Å²) in [6.07, 6.45) is -1.46. The van der Waals surface area contributed by atoms with Crippen LogP contribution in [0.1, 0.15) is 34.1 Å². The number of esters is 1. The van der Waals surface area contributed by atoms with E-state index in [0.29, 0.717) is 17.1 Å². The van der Waals surface area contributed by atoms with Crippen molar-refractivity contribution in [2.24, 2.45) is 5.10 Å². The largest absolute Gasteiger partial charge is 0.486 e. The van der Waals surface area contributed by atoms with Crippen LogP contribution in [0.5, 0.6) is 5.75 Å². The number of halogens is 2. The molecule has 0 radical (unpaired) electrons. The van der Waals surface area contributed by atoms with Crippen LogP contribution in [-0.2, 0) is 11.3 Å². The summed E-state index contributed by atoms with van der Waals surface area (Å²) in [5, 5.41) is 9.65. The van der Waals surface area contributed by atoms with Crippen molar-refractivity contribution in [3.63, 3.8) is 0 Å². The zero-order chi connectivity index (χ0) is 20.1. The van der Waals surface area contributed by atoms with Crippen molar-refractivity contribution in [1.82, 2.24) is 14.9 Å². The molecule has 0 amide bonds. The third-order valence-electron chi connectivity index (χ3n) is 3.48. The highest BCUT2D eigenvalue weighted by atomic mass is 32.1. The zero-order valence-electron chi connectivity index (χ0n) is 14.5. The van der Waals surface area contributed by atoms with Gasteiger partial charge in [0.1, 0.15) is 18.1 Å². The Morgan fingerprint density at radius 1 is 1.43 bits per heavy atom. The lowest BCUT2D eigenvalue weighted by Gasteiger charge is -2.05. The van der Waals surface area contributed by atoms with Crippen molar-refractivity contribution in [2.45, 2.75) is 13.0 Å². The van der Waals surface area contributed by atoms with Gasteiger partial charge in [-0.3, -0.25) is 0 Å². The lowest BCUT2D eigenvalue weighted by Crippen LogP contribution is -2.00. The van der Waals surface area contributed by atoms with E-state index >= 15 is 0 Å². The van der Waals surface area contributed by atoms with Crippen molar-refractivity contribution >= 4 is 24.4 Å². The molecule has 0 saturated carbocycles. The predicted octanol–water partition coefficient (Wildman–Crippen LogP) is 3.72. The fraction of sp³-hybridized carbons (Fsp3) is 0.176. The normalized spacial score (nSPS) is 11.3. The number of methoxy groups -OCH3 is 1. The standard InChI is InChI=1S/C17H14F2N4O4S/c1-25-16(24)13-6-5-12(27-13)9-26-11-4-2-3-10(7-11)8-20-23-15(14(18)19)21-22-17(23)28/h2-8,14H,9H2,1H3,(H,22,28). The zero-order valence-corrected chi connectivity index (χ0v) is 15.3. The van der Waals surface area contributed by atoms with E-state index in [1.165, 1.54) is 19.4 Å². The molecule has 0 unspecified atom stereocenters. The number of carbonyl (C=O) groups excluding carboxylic acids is 1. The Hall–Kier alpha value is -3.34. The number of nitrogens with zero attached hydrogens (tertiary/aromatic N) is 3. The van der Waals surface area contributed by atoms with Gasteiger partial charge in [-0.25, -0.2) is 18.7 Å². The van der Waals surface area contributed by atoms with E-state index in [0.717, 1.165) is 4.68 Å². The Labute approximate surface area is 162 Å². The molecule has 2 heterocycles. The number of hydrogen-bond acceptors (Lipinski definition) is 7. The van der Waals surface area contributed by atoms with Gasteiger partial charge in [0.05, 0.1) is 13.3 Å². The predicted molar refractivity (Wildman–Crippen MR) is 96.2 cm³/mol. The van der Waals surface area contributed by atoms with Crippen LogP contribution in [0.25, 0.3) is 0 Å². The van der Waals surface area contributed by atoms with Gasteiger partial charge in [0, 0.05) is 0 Å². The van der Waals surface area contributed by atoms with Crippen molar-refractivity contribution in [2.75, 3.05) is 7.11 Å². The molecule has 28 heavy (non-hydrogen) atoms. The summed E-state index contributed by atoms with van der Waals surface area (Å²) in [6, 6.07) is 9.87. The minimum absolute atomic E-state index is 0.0433. The Kier molecular flexibility index (Phi) is 5.94. The second-order valence-electron chi connectivity index (χ2n) is 5.36. The highest BCUT2D eigenvalue weighted by molar-refractivity contribution is 7.71. The molecule has 1 aromatic carbocycles. The summed E-state index contributed by atoms with van der Waals surface area (Å²) in [6.45, 7) is 0.0832. The second kappa shape index (κ2) is 8.57. The van der Waals surface area contributed by atoms with Gasteiger partial charge >= 0.3 is 5.97 Å². The van der Waals surface area contributed by atoms with Gasteiger partial charge in [-0.05, 0) is 42.0 Å². The van der Waals surface area contributed by atoms with Crippen LogP contribution in [0.3, 0.4) is 0 Å². The third kappa shape index (κ3) is 4.49. The Morgan fingerprint density at radius 3 is 3.00 bits per heavy atom. The first kappa shape index (κ1) is 19.4. The summed E-state index contributed by atoms with van der Waals surface area (Å²) in [5.74, 6) is -0.150. The molecular formula is C17H14F2N4O4S. The molecule has 0 bridgehead atoms. The Bertz CT molecular complexity index is 1060. The molecule has 0 atom stereocenters. The van der Waals surface area contributed by atoms with Gasteiger partial charge in [-0.15, -0.1) is 0 Å². The second-order valence-corrected chi connectivity index (χ2v) is 5.75. The van der Waals surface area contributed by atoms with E-state index in [1.54, 1.807) is 30.3 Å². The molecule has 0 fully saturated rings. The van der Waals surface area contributed by atoms with Crippen LogP contribution in [0.2, 0.25) is 0 Å². The van der Waals surface area contributed by atoms with Crippen LogP contribution in [0.15, 0.2) is 45.9 Å². The lowest BCUT2D eigenvalue weighted by atomic mass is 10.2. The molecule has 3 aromatic rings. The number of H-pyrrole nitrogens is 1. The highest BCUT2D eigenvalue weighted by Crippen LogP contribution is 2.18. The number of carbonyl (C=O) groups is 1. The quantitative estimate of drug-likeness (QED) is 0.364. The van der Waals surface area contributed by atoms with Gasteiger partial charge in [0.2, 0.25) is 16.4 Å². The van der Waals surface area contributed by atoms with E-state index in [2.05, 4.69) is 20.0 Å². The minimum Gasteiger partial charge on any atom is -0.486 e. The molecule has 3 rings (SSSR count). The maximum Gasteiger partial charge on any atom is 0.373 e. The first-order valence-corrected chi connectivity index (χ1v) is 8.28. The highest BCUT2D eigenvalue weighted by Gasteiger charge is 2.16. The van der Waals surface area contributed by atoms with Gasteiger partial charge in [-0.1, -0.05) is 12.1 Å². The number of benzene rings is 1. The van der Waals surface area contributed by atoms with Crippen molar-refractivity contribution < 1.29 is 27.5 Å². The SMILES string of the molecule is COC(=O)c1ccc(COc2cccc(C=Nn3c(C(F)F)n[nH]c3=S)c2)o1. The molecule has 0 saturated heterocycles. The van der Waals surface area contributed by atoms with E-state index in [4.69, 9.17) is 21.4 Å². The van der Waals surface area contributed by atoms with Gasteiger partial charge in [-0.2, -0.15) is 14.9 Å². The molecule has 0 aliphatic carbocycles. The van der Waals surface area contributed by atoms with E-state index in [1.807, 2.05) is 0 Å². The van der Waals surface area contributed by atoms with Crippen molar-refractivity contribution in [1.29, 1.82) is 0 Å². The van der Waals surface area contributed by atoms with E-state index < -0.39 is 18.2 Å². The molecule has 0 aliphatic rings. The van der Waals surface area contributed by atoms with Crippen LogP contribution in [-0.4, -0.2) is 34.2 Å². The van der Waals surface area contributed by atoms with Crippen LogP contribution in [0, 0.1) is 4.77 Å². The van der Waals surface area contributed by atoms with Crippen molar-refractivity contribution in [3.05, 3.63) is 64.1 Å². The number of furan rings is 1. The Balaban J connectivity index is 1.69. The molecule has 11 heteroatoms. The number of aromatic nitrogens is 3. The van der Waals surface area contributed by atoms with E-state index in [-0.39, 0.29) is 17.1 Å². The molecule has 146 valence electrons. The molecule has 1 N–H and O–H groups in total. The number of ether oxygens (including phenoxy) is 2. The summed E-state index contributed by atoms with van der Waals surface area (Å²) in [7, 11) is 1.26. The lowest BCUT2D eigenvalue weighted by molar-refractivity contribution is 0.0561. The number of nitrogens with one attached hydrogen (secondary N) is 1. The molecule has 8 nitrogen and oxygen atoms in total. The van der Waals surface area contributed by atoms with Crippen LogP contribution < -0.4 is 4.74 Å². The first-order valence-electron chi connectivity index (χ1n) is 7.87. The topological polar surface area (TPSA) is 94.6 Å². The first-order chi connectivity index (χ1) is 13.5. The molecular weight excluding hydrogens is 394 g/mol. The van der Waals surface area contributed by atoms with E-state index in [9.17, 15) is 13.6 Å². The number of rotatable bonds is 7. The number of alkyl halides is 2. The average molecular weight is 408 g/mol. The molecule has 2 aromatic heterocycles. The number of aromatic amines is 1. The van der Waals surface area contributed by atoms with Gasteiger partial charge < -0.3 is 13.9 Å². The van der Waals surface area contributed by atoms with Crippen LogP contribution >= 0.6 is 12.2 Å². The fourth-order valence-corrected chi connectivity index (χ4v) is 2.37. The Morgan fingerprint density at radius 2 is 2.25 bits per heavy atom. The number of hydrogen-bond donors (Lipinski definition) is 1. The summed E-state index contributed by atoms with van der Waals surface area (Å²) in [5.41, 5.74) is 0.593.